The van der Waals surface area contributed by atoms with Crippen LogP contribution in [-0.4, -0.2) is 6.73 Å². The maximum atomic E-state index is 12.5. The number of nitrogens with zero attached hydrogens (tertiary/aromatic N) is 1. The molecule has 1 aliphatic carbocycles. The number of rotatable bonds is 1. The molecule has 0 fully saturated rings. The Hall–Kier alpha value is -2.17. The van der Waals surface area contributed by atoms with Crippen LogP contribution < -0.4 is 15.3 Å². The van der Waals surface area contributed by atoms with Gasteiger partial charge in [0.2, 0.25) is 0 Å². The van der Waals surface area contributed by atoms with Crippen molar-refractivity contribution in [3.8, 4) is 5.75 Å². The Balaban J connectivity index is 1.64. The number of anilines is 1. The molecule has 0 spiro atoms. The van der Waals surface area contributed by atoms with Gasteiger partial charge in [0.15, 0.2) is 6.73 Å². The number of benzene rings is 2. The first-order chi connectivity index (χ1) is 13.5. The highest BCUT2D eigenvalue weighted by molar-refractivity contribution is 6.35. The van der Waals surface area contributed by atoms with Gasteiger partial charge in [-0.25, -0.2) is 4.79 Å². The second kappa shape index (κ2) is 6.71. The standard InChI is InChI=1S/C22H19Cl2NO3/c1-12-20-13(10-25(11-27-20)16-8-14(23)7-15(24)9-16)6-19-17-4-2-3-5-18(17)22(26)28-21(12)19/h6-9H,2-5,10-11H2,1H3. The molecular weight excluding hydrogens is 397 g/mol. The molecule has 1 aliphatic heterocycles. The molecule has 0 N–H and O–H groups in total. The Kier molecular flexibility index (Phi) is 4.29. The van der Waals surface area contributed by atoms with Crippen molar-refractivity contribution in [3.63, 3.8) is 0 Å². The highest BCUT2D eigenvalue weighted by Crippen LogP contribution is 2.39. The second-order valence-electron chi connectivity index (χ2n) is 7.52. The Morgan fingerprint density at radius 1 is 1.00 bits per heavy atom. The van der Waals surface area contributed by atoms with Crippen LogP contribution in [0.4, 0.5) is 5.69 Å². The van der Waals surface area contributed by atoms with E-state index in [9.17, 15) is 4.79 Å². The minimum Gasteiger partial charge on any atom is -0.472 e. The average Bonchev–Trinajstić information content (AvgIpc) is 2.68. The van der Waals surface area contributed by atoms with Gasteiger partial charge in [0.1, 0.15) is 11.3 Å². The van der Waals surface area contributed by atoms with E-state index in [1.165, 1.54) is 0 Å². The summed E-state index contributed by atoms with van der Waals surface area (Å²) in [6.07, 6.45) is 3.86. The summed E-state index contributed by atoms with van der Waals surface area (Å²) in [7, 11) is 0. The van der Waals surface area contributed by atoms with Crippen LogP contribution in [-0.2, 0) is 19.4 Å². The number of hydrogen-bond acceptors (Lipinski definition) is 4. The van der Waals surface area contributed by atoms with E-state index in [0.717, 1.165) is 64.8 Å². The van der Waals surface area contributed by atoms with Crippen molar-refractivity contribution in [2.45, 2.75) is 39.2 Å². The molecule has 0 amide bonds. The number of ether oxygens (including phenoxy) is 1. The number of aryl methyl sites for hydroxylation is 2. The molecule has 2 aliphatic rings. The van der Waals surface area contributed by atoms with E-state index in [1.807, 2.05) is 19.1 Å². The molecule has 144 valence electrons. The van der Waals surface area contributed by atoms with Gasteiger partial charge in [-0.1, -0.05) is 23.2 Å². The zero-order valence-corrected chi connectivity index (χ0v) is 17.0. The van der Waals surface area contributed by atoms with Crippen molar-refractivity contribution in [3.05, 3.63) is 67.0 Å². The van der Waals surface area contributed by atoms with E-state index >= 15 is 0 Å². The monoisotopic (exact) mass is 415 g/mol. The van der Waals surface area contributed by atoms with Crippen LogP contribution in [0.5, 0.6) is 5.75 Å². The maximum Gasteiger partial charge on any atom is 0.339 e. The van der Waals surface area contributed by atoms with Crippen LogP contribution >= 0.6 is 23.2 Å². The normalized spacial score (nSPS) is 15.9. The molecule has 1 aromatic heterocycles. The van der Waals surface area contributed by atoms with E-state index in [1.54, 1.807) is 6.07 Å². The van der Waals surface area contributed by atoms with Crippen LogP contribution in [0.25, 0.3) is 11.0 Å². The first kappa shape index (κ1) is 17.9. The van der Waals surface area contributed by atoms with Crippen molar-refractivity contribution in [2.24, 2.45) is 0 Å². The fourth-order valence-corrected chi connectivity index (χ4v) is 4.90. The summed E-state index contributed by atoms with van der Waals surface area (Å²) < 4.78 is 11.8. The lowest BCUT2D eigenvalue weighted by molar-refractivity contribution is 0.287. The summed E-state index contributed by atoms with van der Waals surface area (Å²) in [5, 5.41) is 2.23. The predicted molar refractivity (Wildman–Crippen MR) is 112 cm³/mol. The lowest BCUT2D eigenvalue weighted by Gasteiger charge is -2.32. The van der Waals surface area contributed by atoms with E-state index in [2.05, 4.69) is 11.0 Å². The molecule has 0 bridgehead atoms. The van der Waals surface area contributed by atoms with Crippen molar-refractivity contribution < 1.29 is 9.15 Å². The lowest BCUT2D eigenvalue weighted by atomic mass is 9.89. The van der Waals surface area contributed by atoms with Gasteiger partial charge in [-0.3, -0.25) is 0 Å². The predicted octanol–water partition coefficient (Wildman–Crippen LogP) is 5.64. The van der Waals surface area contributed by atoms with Gasteiger partial charge in [0, 0.05) is 44.4 Å². The molecule has 0 unspecified atom stereocenters. The zero-order chi connectivity index (χ0) is 19.4. The van der Waals surface area contributed by atoms with Crippen molar-refractivity contribution >= 4 is 39.9 Å². The third-order valence-corrected chi connectivity index (χ3v) is 6.14. The zero-order valence-electron chi connectivity index (χ0n) is 15.5. The Morgan fingerprint density at radius 2 is 1.71 bits per heavy atom. The molecule has 4 nitrogen and oxygen atoms in total. The molecule has 3 aromatic rings. The average molecular weight is 416 g/mol. The largest absolute Gasteiger partial charge is 0.472 e. The molecule has 2 aromatic carbocycles. The Labute approximate surface area is 172 Å². The summed E-state index contributed by atoms with van der Waals surface area (Å²) in [5.41, 5.74) is 5.33. The SMILES string of the molecule is Cc1c2c(cc3c4c(c(=O)oc13)CCCC4)CN(c1cc(Cl)cc(Cl)c1)CO2. The van der Waals surface area contributed by atoms with E-state index < -0.39 is 0 Å². The summed E-state index contributed by atoms with van der Waals surface area (Å²) in [4.78, 5) is 14.6. The van der Waals surface area contributed by atoms with Crippen LogP contribution in [0.2, 0.25) is 10.0 Å². The Morgan fingerprint density at radius 3 is 2.46 bits per heavy atom. The van der Waals surface area contributed by atoms with Gasteiger partial charge in [-0.15, -0.1) is 0 Å². The minimum atomic E-state index is -0.198. The van der Waals surface area contributed by atoms with Crippen LogP contribution in [0.15, 0.2) is 33.5 Å². The minimum absolute atomic E-state index is 0.198. The molecule has 0 saturated carbocycles. The molecular formula is C22H19Cl2NO3. The summed E-state index contributed by atoms with van der Waals surface area (Å²) in [6.45, 7) is 3.02. The number of fused-ring (bicyclic) bond motifs is 4. The lowest BCUT2D eigenvalue weighted by Crippen LogP contribution is -2.32. The molecule has 0 atom stereocenters. The fourth-order valence-electron chi connectivity index (χ4n) is 4.39. The second-order valence-corrected chi connectivity index (χ2v) is 8.39. The topological polar surface area (TPSA) is 42.7 Å². The van der Waals surface area contributed by atoms with Gasteiger partial charge in [-0.05, 0) is 62.4 Å². The quantitative estimate of drug-likeness (QED) is 0.482. The van der Waals surface area contributed by atoms with E-state index in [-0.39, 0.29) is 5.63 Å². The Bertz CT molecular complexity index is 1150. The van der Waals surface area contributed by atoms with Crippen LogP contribution in [0, 0.1) is 6.92 Å². The third kappa shape index (κ3) is 2.87. The van der Waals surface area contributed by atoms with Gasteiger partial charge < -0.3 is 14.1 Å². The molecule has 0 saturated heterocycles. The van der Waals surface area contributed by atoms with Crippen molar-refractivity contribution in [1.82, 2.24) is 0 Å². The third-order valence-electron chi connectivity index (χ3n) is 5.71. The van der Waals surface area contributed by atoms with E-state index in [0.29, 0.717) is 28.9 Å². The molecule has 0 radical (unpaired) electrons. The number of halogens is 2. The highest BCUT2D eigenvalue weighted by Gasteiger charge is 2.26. The maximum absolute atomic E-state index is 12.5. The molecule has 28 heavy (non-hydrogen) atoms. The first-order valence-corrected chi connectivity index (χ1v) is 10.2. The molecule has 6 heteroatoms. The van der Waals surface area contributed by atoms with Gasteiger partial charge in [0.05, 0.1) is 0 Å². The van der Waals surface area contributed by atoms with Gasteiger partial charge >= 0.3 is 5.63 Å². The van der Waals surface area contributed by atoms with Gasteiger partial charge in [0.25, 0.3) is 0 Å². The molecule has 5 rings (SSSR count). The van der Waals surface area contributed by atoms with Crippen LogP contribution in [0.1, 0.15) is 35.1 Å². The molecule has 2 heterocycles. The first-order valence-electron chi connectivity index (χ1n) is 9.46. The van der Waals surface area contributed by atoms with Gasteiger partial charge in [-0.2, -0.15) is 0 Å². The summed E-state index contributed by atoms with van der Waals surface area (Å²) in [6, 6.07) is 7.62. The summed E-state index contributed by atoms with van der Waals surface area (Å²) >= 11 is 12.3. The summed E-state index contributed by atoms with van der Waals surface area (Å²) in [5.74, 6) is 0.802. The van der Waals surface area contributed by atoms with Crippen molar-refractivity contribution in [1.29, 1.82) is 0 Å². The van der Waals surface area contributed by atoms with Crippen molar-refractivity contribution in [2.75, 3.05) is 11.6 Å². The number of hydrogen-bond donors (Lipinski definition) is 0. The van der Waals surface area contributed by atoms with Crippen LogP contribution in [0.3, 0.4) is 0 Å². The van der Waals surface area contributed by atoms with E-state index in [4.69, 9.17) is 32.4 Å². The fraction of sp³-hybridized carbons (Fsp3) is 0.318. The highest BCUT2D eigenvalue weighted by atomic mass is 35.5. The smallest absolute Gasteiger partial charge is 0.339 e.